The SMILES string of the molecule is O=C(Nc1cccnc1)c1nc2c(s1)CCN(C(=O)Nc1cccc(Cl)c1)CC2. The van der Waals surface area contributed by atoms with Crippen molar-refractivity contribution in [3.05, 3.63) is 69.4 Å². The molecule has 0 saturated heterocycles. The van der Waals surface area contributed by atoms with Gasteiger partial charge in [0.25, 0.3) is 5.91 Å². The molecule has 0 spiro atoms. The molecular formula is C20H18ClN5O2S. The van der Waals surface area contributed by atoms with Crippen LogP contribution in [0, 0.1) is 0 Å². The summed E-state index contributed by atoms with van der Waals surface area (Å²) in [6.45, 7) is 1.10. The van der Waals surface area contributed by atoms with Crippen molar-refractivity contribution in [2.45, 2.75) is 12.8 Å². The van der Waals surface area contributed by atoms with E-state index in [0.29, 0.717) is 47.3 Å². The quantitative estimate of drug-likeness (QED) is 0.659. The number of rotatable bonds is 3. The molecule has 1 aliphatic heterocycles. The Morgan fingerprint density at radius 3 is 2.69 bits per heavy atom. The second-order valence-electron chi connectivity index (χ2n) is 6.51. The van der Waals surface area contributed by atoms with E-state index in [9.17, 15) is 9.59 Å². The molecule has 0 atom stereocenters. The summed E-state index contributed by atoms with van der Waals surface area (Å²) < 4.78 is 0. The Labute approximate surface area is 176 Å². The van der Waals surface area contributed by atoms with E-state index in [2.05, 4.69) is 20.6 Å². The molecule has 4 rings (SSSR count). The number of urea groups is 1. The molecule has 1 aliphatic rings. The van der Waals surface area contributed by atoms with Crippen molar-refractivity contribution in [1.29, 1.82) is 0 Å². The summed E-state index contributed by atoms with van der Waals surface area (Å²) in [6, 6.07) is 10.4. The van der Waals surface area contributed by atoms with Crippen molar-refractivity contribution in [3.63, 3.8) is 0 Å². The van der Waals surface area contributed by atoms with E-state index >= 15 is 0 Å². The van der Waals surface area contributed by atoms with Gasteiger partial charge in [-0.2, -0.15) is 0 Å². The number of hydrogen-bond acceptors (Lipinski definition) is 5. The van der Waals surface area contributed by atoms with Gasteiger partial charge in [-0.3, -0.25) is 9.78 Å². The van der Waals surface area contributed by atoms with E-state index in [4.69, 9.17) is 11.6 Å². The van der Waals surface area contributed by atoms with E-state index in [1.165, 1.54) is 11.3 Å². The molecule has 0 aliphatic carbocycles. The van der Waals surface area contributed by atoms with Gasteiger partial charge in [0, 0.05) is 47.7 Å². The van der Waals surface area contributed by atoms with Gasteiger partial charge in [0.1, 0.15) is 0 Å². The van der Waals surface area contributed by atoms with Crippen LogP contribution in [-0.4, -0.2) is 39.9 Å². The topological polar surface area (TPSA) is 87.2 Å². The van der Waals surface area contributed by atoms with Crippen LogP contribution in [0.4, 0.5) is 16.2 Å². The van der Waals surface area contributed by atoms with Crippen LogP contribution in [-0.2, 0) is 12.8 Å². The highest BCUT2D eigenvalue weighted by Crippen LogP contribution is 2.24. The Morgan fingerprint density at radius 1 is 1.07 bits per heavy atom. The van der Waals surface area contributed by atoms with E-state index in [-0.39, 0.29) is 11.9 Å². The molecule has 2 aromatic heterocycles. The monoisotopic (exact) mass is 427 g/mol. The average Bonchev–Trinajstić information content (AvgIpc) is 3.02. The summed E-state index contributed by atoms with van der Waals surface area (Å²) in [7, 11) is 0. The molecule has 0 fully saturated rings. The maximum Gasteiger partial charge on any atom is 0.321 e. The highest BCUT2D eigenvalue weighted by molar-refractivity contribution is 7.13. The molecule has 0 radical (unpaired) electrons. The molecule has 7 nitrogen and oxygen atoms in total. The molecular weight excluding hydrogens is 410 g/mol. The smallest absolute Gasteiger partial charge is 0.321 e. The summed E-state index contributed by atoms with van der Waals surface area (Å²) in [5.41, 5.74) is 2.17. The lowest BCUT2D eigenvalue weighted by Gasteiger charge is -2.20. The van der Waals surface area contributed by atoms with Gasteiger partial charge >= 0.3 is 6.03 Å². The van der Waals surface area contributed by atoms with Crippen molar-refractivity contribution in [2.24, 2.45) is 0 Å². The van der Waals surface area contributed by atoms with Gasteiger partial charge in [-0.25, -0.2) is 9.78 Å². The fourth-order valence-electron chi connectivity index (χ4n) is 3.05. The fourth-order valence-corrected chi connectivity index (χ4v) is 4.24. The van der Waals surface area contributed by atoms with E-state index in [1.54, 1.807) is 53.7 Å². The number of benzene rings is 1. The lowest BCUT2D eigenvalue weighted by Crippen LogP contribution is -2.36. The van der Waals surface area contributed by atoms with Crippen LogP contribution in [0.15, 0.2) is 48.8 Å². The number of anilines is 2. The van der Waals surface area contributed by atoms with Crippen LogP contribution in [0.3, 0.4) is 0 Å². The van der Waals surface area contributed by atoms with Crippen LogP contribution in [0.2, 0.25) is 5.02 Å². The summed E-state index contributed by atoms with van der Waals surface area (Å²) in [5.74, 6) is -0.244. The molecule has 148 valence electrons. The first-order chi connectivity index (χ1) is 14.1. The standard InChI is InChI=1S/C20H18ClN5O2S/c21-13-3-1-4-14(11-13)24-20(28)26-9-6-16-17(7-10-26)29-19(25-16)18(27)23-15-5-2-8-22-12-15/h1-5,8,11-12H,6-7,9-10H2,(H,23,27)(H,24,28). The van der Waals surface area contributed by atoms with Crippen LogP contribution in [0.5, 0.6) is 0 Å². The zero-order valence-corrected chi connectivity index (χ0v) is 17.0. The number of fused-ring (bicyclic) bond motifs is 1. The lowest BCUT2D eigenvalue weighted by molar-refractivity contribution is 0.102. The average molecular weight is 428 g/mol. The summed E-state index contributed by atoms with van der Waals surface area (Å²) in [5, 5.41) is 6.67. The maximum absolute atomic E-state index is 12.6. The third-order valence-electron chi connectivity index (χ3n) is 4.48. The zero-order valence-electron chi connectivity index (χ0n) is 15.4. The first-order valence-corrected chi connectivity index (χ1v) is 10.3. The van der Waals surface area contributed by atoms with E-state index in [1.807, 2.05) is 0 Å². The number of carbonyl (C=O) groups is 2. The number of amides is 3. The molecule has 0 unspecified atom stereocenters. The van der Waals surface area contributed by atoms with Crippen molar-refractivity contribution in [1.82, 2.24) is 14.9 Å². The second-order valence-corrected chi connectivity index (χ2v) is 8.03. The zero-order chi connectivity index (χ0) is 20.2. The Kier molecular flexibility index (Phi) is 5.73. The highest BCUT2D eigenvalue weighted by atomic mass is 35.5. The van der Waals surface area contributed by atoms with Gasteiger partial charge in [0.15, 0.2) is 5.01 Å². The van der Waals surface area contributed by atoms with Crippen LogP contribution < -0.4 is 10.6 Å². The Morgan fingerprint density at radius 2 is 1.90 bits per heavy atom. The number of aromatic nitrogens is 2. The van der Waals surface area contributed by atoms with E-state index < -0.39 is 0 Å². The molecule has 9 heteroatoms. The van der Waals surface area contributed by atoms with E-state index in [0.717, 1.165) is 10.6 Å². The first-order valence-electron chi connectivity index (χ1n) is 9.10. The van der Waals surface area contributed by atoms with Crippen molar-refractivity contribution in [2.75, 3.05) is 23.7 Å². The Hall–Kier alpha value is -2.97. The highest BCUT2D eigenvalue weighted by Gasteiger charge is 2.23. The van der Waals surface area contributed by atoms with Crippen LogP contribution >= 0.6 is 22.9 Å². The number of carbonyl (C=O) groups excluding carboxylic acids is 2. The van der Waals surface area contributed by atoms with Gasteiger partial charge in [-0.05, 0) is 30.3 Å². The predicted molar refractivity (Wildman–Crippen MR) is 114 cm³/mol. The van der Waals surface area contributed by atoms with Crippen LogP contribution in [0.1, 0.15) is 20.4 Å². The van der Waals surface area contributed by atoms with Crippen molar-refractivity contribution >= 4 is 46.3 Å². The molecule has 0 saturated carbocycles. The Balaban J connectivity index is 1.38. The fraction of sp³-hybridized carbons (Fsp3) is 0.200. The number of nitrogens with one attached hydrogen (secondary N) is 2. The minimum atomic E-state index is -0.244. The number of halogens is 1. The van der Waals surface area contributed by atoms with Gasteiger partial charge in [0.05, 0.1) is 17.6 Å². The molecule has 0 bridgehead atoms. The predicted octanol–water partition coefficient (Wildman–Crippen LogP) is 4.08. The number of thiazole rings is 1. The third-order valence-corrected chi connectivity index (χ3v) is 5.87. The number of nitrogens with zero attached hydrogens (tertiary/aromatic N) is 3. The van der Waals surface area contributed by atoms with Gasteiger partial charge < -0.3 is 15.5 Å². The minimum Gasteiger partial charge on any atom is -0.324 e. The maximum atomic E-state index is 12.6. The number of pyridine rings is 1. The molecule has 3 aromatic rings. The normalized spacial score (nSPS) is 13.3. The molecule has 29 heavy (non-hydrogen) atoms. The lowest BCUT2D eigenvalue weighted by atomic mass is 10.2. The van der Waals surface area contributed by atoms with Gasteiger partial charge in [-0.1, -0.05) is 17.7 Å². The van der Waals surface area contributed by atoms with Crippen LogP contribution in [0.25, 0.3) is 0 Å². The number of hydrogen-bond donors (Lipinski definition) is 2. The molecule has 3 heterocycles. The summed E-state index contributed by atoms with van der Waals surface area (Å²) in [4.78, 5) is 36.3. The van der Waals surface area contributed by atoms with Gasteiger partial charge in [-0.15, -0.1) is 11.3 Å². The van der Waals surface area contributed by atoms with Crippen molar-refractivity contribution in [3.8, 4) is 0 Å². The largest absolute Gasteiger partial charge is 0.324 e. The molecule has 1 aromatic carbocycles. The Bertz CT molecular complexity index is 1010. The van der Waals surface area contributed by atoms with Crippen molar-refractivity contribution < 1.29 is 9.59 Å². The molecule has 3 amide bonds. The summed E-state index contributed by atoms with van der Waals surface area (Å²) >= 11 is 7.35. The second kappa shape index (κ2) is 8.59. The third kappa shape index (κ3) is 4.72. The first kappa shape index (κ1) is 19.4. The minimum absolute atomic E-state index is 0.169. The summed E-state index contributed by atoms with van der Waals surface area (Å²) in [6.07, 6.45) is 4.51. The molecule has 2 N–H and O–H groups in total. The van der Waals surface area contributed by atoms with Gasteiger partial charge in [0.2, 0.25) is 0 Å².